The molecule has 0 bridgehead atoms. The quantitative estimate of drug-likeness (QED) is 0.908. The molecule has 1 saturated carbocycles. The number of carbonyl (C=O) groups is 1. The van der Waals surface area contributed by atoms with E-state index in [0.29, 0.717) is 11.8 Å². The molecule has 1 amide bonds. The Balaban J connectivity index is 1.61. The molecule has 2 N–H and O–H groups in total. The highest BCUT2D eigenvalue weighted by molar-refractivity contribution is 5.95. The SMILES string of the molecule is CC1CNCCC1NC(=O)c1cnn(-c2ccccc2)c1C1CC1. The smallest absolute Gasteiger partial charge is 0.255 e. The number of nitrogens with zero attached hydrogens (tertiary/aromatic N) is 2. The fourth-order valence-electron chi connectivity index (χ4n) is 3.53. The van der Waals surface area contributed by atoms with Crippen molar-refractivity contribution in [2.24, 2.45) is 5.92 Å². The van der Waals surface area contributed by atoms with Crippen LogP contribution in [0.1, 0.15) is 48.2 Å². The Hall–Kier alpha value is -2.14. The van der Waals surface area contributed by atoms with Gasteiger partial charge in [0, 0.05) is 12.0 Å². The van der Waals surface area contributed by atoms with Crippen molar-refractivity contribution >= 4 is 5.91 Å². The van der Waals surface area contributed by atoms with Crippen LogP contribution in [0.4, 0.5) is 0 Å². The van der Waals surface area contributed by atoms with Crippen molar-refractivity contribution in [3.8, 4) is 5.69 Å². The average molecular weight is 324 g/mol. The van der Waals surface area contributed by atoms with Crippen molar-refractivity contribution in [2.45, 2.75) is 38.1 Å². The lowest BCUT2D eigenvalue weighted by Gasteiger charge is -2.30. The normalized spacial score (nSPS) is 23.9. The van der Waals surface area contributed by atoms with E-state index in [1.165, 1.54) is 0 Å². The van der Waals surface area contributed by atoms with Gasteiger partial charge >= 0.3 is 0 Å². The highest BCUT2D eigenvalue weighted by Gasteiger charge is 2.34. The first-order chi connectivity index (χ1) is 11.7. The summed E-state index contributed by atoms with van der Waals surface area (Å²) in [6, 6.07) is 10.3. The molecular weight excluding hydrogens is 300 g/mol. The van der Waals surface area contributed by atoms with E-state index in [1.54, 1.807) is 6.20 Å². The fourth-order valence-corrected chi connectivity index (χ4v) is 3.53. The molecule has 1 aliphatic heterocycles. The van der Waals surface area contributed by atoms with Crippen LogP contribution in [0.15, 0.2) is 36.5 Å². The minimum Gasteiger partial charge on any atom is -0.349 e. The Labute approximate surface area is 142 Å². The molecule has 4 rings (SSSR count). The number of carbonyl (C=O) groups excluding carboxylic acids is 1. The van der Waals surface area contributed by atoms with Crippen LogP contribution in [0.25, 0.3) is 5.69 Å². The summed E-state index contributed by atoms with van der Waals surface area (Å²) in [6.07, 6.45) is 5.01. The van der Waals surface area contributed by atoms with Crippen LogP contribution in [-0.2, 0) is 0 Å². The van der Waals surface area contributed by atoms with Crippen molar-refractivity contribution in [3.05, 3.63) is 47.8 Å². The average Bonchev–Trinajstić information content (AvgIpc) is 3.35. The van der Waals surface area contributed by atoms with Gasteiger partial charge in [-0.25, -0.2) is 4.68 Å². The van der Waals surface area contributed by atoms with E-state index in [1.807, 2.05) is 35.0 Å². The zero-order chi connectivity index (χ0) is 16.5. The van der Waals surface area contributed by atoms with E-state index in [-0.39, 0.29) is 11.9 Å². The molecule has 2 atom stereocenters. The second-order valence-electron chi connectivity index (χ2n) is 7.02. The summed E-state index contributed by atoms with van der Waals surface area (Å²) in [4.78, 5) is 12.9. The van der Waals surface area contributed by atoms with Crippen molar-refractivity contribution in [1.29, 1.82) is 0 Å². The predicted molar refractivity (Wildman–Crippen MR) is 93.4 cm³/mol. The summed E-state index contributed by atoms with van der Waals surface area (Å²) in [7, 11) is 0. The first kappa shape index (κ1) is 15.4. The summed E-state index contributed by atoms with van der Waals surface area (Å²) in [5, 5.41) is 11.1. The number of amides is 1. The molecule has 1 aromatic heterocycles. The monoisotopic (exact) mass is 324 g/mol. The molecule has 1 aliphatic carbocycles. The topological polar surface area (TPSA) is 58.9 Å². The van der Waals surface area contributed by atoms with E-state index in [4.69, 9.17) is 0 Å². The second kappa shape index (κ2) is 6.40. The summed E-state index contributed by atoms with van der Waals surface area (Å²) in [5.74, 6) is 0.938. The number of para-hydroxylation sites is 1. The highest BCUT2D eigenvalue weighted by atomic mass is 16.1. The molecule has 2 aliphatic rings. The third-order valence-corrected chi connectivity index (χ3v) is 5.12. The molecule has 2 aromatic rings. The lowest BCUT2D eigenvalue weighted by atomic mass is 9.95. The van der Waals surface area contributed by atoms with Gasteiger partial charge in [-0.05, 0) is 50.4 Å². The van der Waals surface area contributed by atoms with Gasteiger partial charge in [-0.2, -0.15) is 5.10 Å². The molecule has 1 aromatic carbocycles. The van der Waals surface area contributed by atoms with Gasteiger partial charge in [0.2, 0.25) is 0 Å². The Morgan fingerprint density at radius 3 is 2.75 bits per heavy atom. The van der Waals surface area contributed by atoms with Gasteiger partial charge in [0.05, 0.1) is 23.1 Å². The maximum atomic E-state index is 12.9. The lowest BCUT2D eigenvalue weighted by Crippen LogP contribution is -2.48. The van der Waals surface area contributed by atoms with Crippen molar-refractivity contribution in [3.63, 3.8) is 0 Å². The zero-order valence-corrected chi connectivity index (χ0v) is 14.0. The van der Waals surface area contributed by atoms with Gasteiger partial charge in [-0.15, -0.1) is 0 Å². The Morgan fingerprint density at radius 1 is 1.25 bits per heavy atom. The van der Waals surface area contributed by atoms with Crippen molar-refractivity contribution < 1.29 is 4.79 Å². The van der Waals surface area contributed by atoms with Crippen LogP contribution in [0.5, 0.6) is 0 Å². The van der Waals surface area contributed by atoms with E-state index < -0.39 is 0 Å². The van der Waals surface area contributed by atoms with Gasteiger partial charge < -0.3 is 10.6 Å². The number of aromatic nitrogens is 2. The third-order valence-electron chi connectivity index (χ3n) is 5.12. The zero-order valence-electron chi connectivity index (χ0n) is 14.0. The molecule has 5 nitrogen and oxygen atoms in total. The number of hydrogen-bond donors (Lipinski definition) is 2. The second-order valence-corrected chi connectivity index (χ2v) is 7.02. The summed E-state index contributed by atoms with van der Waals surface area (Å²) in [5.41, 5.74) is 2.83. The molecule has 2 unspecified atom stereocenters. The summed E-state index contributed by atoms with van der Waals surface area (Å²) in [6.45, 7) is 4.12. The maximum absolute atomic E-state index is 12.9. The van der Waals surface area contributed by atoms with Crippen LogP contribution in [-0.4, -0.2) is 34.8 Å². The summed E-state index contributed by atoms with van der Waals surface area (Å²) < 4.78 is 1.94. The van der Waals surface area contributed by atoms with E-state index in [2.05, 4.69) is 22.7 Å². The third kappa shape index (κ3) is 2.96. The minimum absolute atomic E-state index is 0.0258. The molecule has 0 radical (unpaired) electrons. The van der Waals surface area contributed by atoms with Crippen molar-refractivity contribution in [1.82, 2.24) is 20.4 Å². The van der Waals surface area contributed by atoms with Crippen LogP contribution >= 0.6 is 0 Å². The van der Waals surface area contributed by atoms with Gasteiger partial charge in [0.25, 0.3) is 5.91 Å². The summed E-state index contributed by atoms with van der Waals surface area (Å²) >= 11 is 0. The first-order valence-corrected chi connectivity index (χ1v) is 8.89. The molecule has 126 valence electrons. The Kier molecular flexibility index (Phi) is 4.10. The van der Waals surface area contributed by atoms with Gasteiger partial charge in [0.1, 0.15) is 0 Å². The van der Waals surface area contributed by atoms with Crippen molar-refractivity contribution in [2.75, 3.05) is 13.1 Å². The first-order valence-electron chi connectivity index (χ1n) is 8.89. The fraction of sp³-hybridized carbons (Fsp3) is 0.474. The van der Waals surface area contributed by atoms with Gasteiger partial charge in [-0.3, -0.25) is 4.79 Å². The Morgan fingerprint density at radius 2 is 2.04 bits per heavy atom. The minimum atomic E-state index is 0.0258. The molecule has 1 saturated heterocycles. The standard InChI is InChI=1S/C19H24N4O/c1-13-11-20-10-9-17(13)22-19(24)16-12-21-23(18(16)14-7-8-14)15-5-3-2-4-6-15/h2-6,12-14,17,20H,7-11H2,1H3,(H,22,24). The molecule has 2 heterocycles. The van der Waals surface area contributed by atoms with Crippen LogP contribution < -0.4 is 10.6 Å². The van der Waals surface area contributed by atoms with E-state index >= 15 is 0 Å². The number of hydrogen-bond acceptors (Lipinski definition) is 3. The van der Waals surface area contributed by atoms with Gasteiger partial charge in [-0.1, -0.05) is 25.1 Å². The van der Waals surface area contributed by atoms with E-state index in [9.17, 15) is 4.79 Å². The lowest BCUT2D eigenvalue weighted by molar-refractivity contribution is 0.0913. The number of benzene rings is 1. The van der Waals surface area contributed by atoms with Crippen LogP contribution in [0.2, 0.25) is 0 Å². The van der Waals surface area contributed by atoms with Gasteiger partial charge in [0.15, 0.2) is 0 Å². The number of nitrogens with one attached hydrogen (secondary N) is 2. The molecule has 5 heteroatoms. The number of piperidine rings is 1. The predicted octanol–water partition coefficient (Wildman–Crippen LogP) is 2.48. The molecular formula is C19H24N4O. The van der Waals surface area contributed by atoms with Crippen LogP contribution in [0, 0.1) is 5.92 Å². The highest BCUT2D eigenvalue weighted by Crippen LogP contribution is 2.42. The van der Waals surface area contributed by atoms with E-state index in [0.717, 1.165) is 49.3 Å². The Bertz CT molecular complexity index is 720. The molecule has 0 spiro atoms. The maximum Gasteiger partial charge on any atom is 0.255 e. The number of rotatable bonds is 4. The molecule has 24 heavy (non-hydrogen) atoms. The molecule has 2 fully saturated rings. The largest absolute Gasteiger partial charge is 0.349 e. The van der Waals surface area contributed by atoms with Crippen LogP contribution in [0.3, 0.4) is 0 Å².